The normalized spacial score (nSPS) is 43.0. The van der Waals surface area contributed by atoms with Crippen molar-refractivity contribution in [1.29, 1.82) is 0 Å². The van der Waals surface area contributed by atoms with Crippen LogP contribution in [0.25, 0.3) is 0 Å². The molecule has 0 saturated heterocycles. The second-order valence-corrected chi connectivity index (χ2v) is 10.3. The summed E-state index contributed by atoms with van der Waals surface area (Å²) >= 11 is 0. The molecule has 7 atom stereocenters. The molecule has 3 saturated carbocycles. The zero-order chi connectivity index (χ0) is 21.1. The smallest absolute Gasteiger partial charge is 0.267 e. The molecule has 1 aromatic rings. The number of nitrogens with zero attached hydrogens (tertiary/aromatic N) is 4. The van der Waals surface area contributed by atoms with Gasteiger partial charge >= 0.3 is 0 Å². The van der Waals surface area contributed by atoms with Gasteiger partial charge in [-0.15, -0.1) is 10.2 Å². The maximum atomic E-state index is 13.4. The summed E-state index contributed by atoms with van der Waals surface area (Å²) in [4.78, 5) is 14.4. The molecule has 0 bridgehead atoms. The van der Waals surface area contributed by atoms with Gasteiger partial charge in [0.05, 0.1) is 0 Å². The van der Waals surface area contributed by atoms with Crippen LogP contribution in [0, 0.1) is 35.0 Å². The third-order valence-electron chi connectivity index (χ3n) is 9.02. The van der Waals surface area contributed by atoms with Crippen LogP contribution in [0.4, 0.5) is 8.78 Å². The number of hydrogen-bond donors (Lipinski definition) is 1. The molecule has 30 heavy (non-hydrogen) atoms. The molecule has 4 aliphatic carbocycles. The molecule has 6 nitrogen and oxygen atoms in total. The van der Waals surface area contributed by atoms with E-state index in [2.05, 4.69) is 28.4 Å². The predicted octanol–water partition coefficient (Wildman–Crippen LogP) is 3.43. The van der Waals surface area contributed by atoms with Crippen LogP contribution in [-0.2, 0) is 11.3 Å². The summed E-state index contributed by atoms with van der Waals surface area (Å²) < 4.78 is 26.7. The Labute approximate surface area is 175 Å². The number of aromatic nitrogens is 4. The fourth-order valence-corrected chi connectivity index (χ4v) is 7.55. The highest BCUT2D eigenvalue weighted by atomic mass is 19.3. The van der Waals surface area contributed by atoms with Crippen molar-refractivity contribution in [2.45, 2.75) is 76.9 Å². The molecule has 0 unspecified atom stereocenters. The average Bonchev–Trinajstić information content (AvgIpc) is 3.34. The van der Waals surface area contributed by atoms with Crippen molar-refractivity contribution in [3.05, 3.63) is 18.0 Å². The van der Waals surface area contributed by atoms with Gasteiger partial charge in [-0.2, -0.15) is 4.80 Å². The number of carbonyl (C=O) groups excluding carboxylic acids is 1. The SMILES string of the molecule is C[C@]12CC[C@H]3[C@@H](CC=C4C[C@](O)(C(F)F)CC[C@@H]43)[C@@H]1CC[C@@H]2C(=O)Cn1ncnn1. The lowest BCUT2D eigenvalue weighted by molar-refractivity contribution is -0.131. The van der Waals surface area contributed by atoms with Crippen LogP contribution in [-0.4, -0.2) is 43.1 Å². The number of hydrogen-bond acceptors (Lipinski definition) is 5. The Morgan fingerprint density at radius 2 is 2.10 bits per heavy atom. The summed E-state index contributed by atoms with van der Waals surface area (Å²) in [5.41, 5.74) is -0.807. The molecular formula is C22H30F2N4O2. The van der Waals surface area contributed by atoms with E-state index in [9.17, 15) is 18.7 Å². The van der Waals surface area contributed by atoms with Crippen molar-refractivity contribution in [3.8, 4) is 0 Å². The van der Waals surface area contributed by atoms with Crippen LogP contribution < -0.4 is 0 Å². The van der Waals surface area contributed by atoms with E-state index in [1.807, 2.05) is 0 Å². The zero-order valence-electron chi connectivity index (χ0n) is 17.4. The van der Waals surface area contributed by atoms with Gasteiger partial charge in [0.1, 0.15) is 12.1 Å². The van der Waals surface area contributed by atoms with Gasteiger partial charge in [-0.1, -0.05) is 18.6 Å². The van der Waals surface area contributed by atoms with E-state index in [0.29, 0.717) is 30.1 Å². The number of Topliss-reactive ketones (excluding diaryl/α,β-unsaturated/α-hetero) is 1. The van der Waals surface area contributed by atoms with Crippen LogP contribution in [0.5, 0.6) is 0 Å². The number of allylic oxidation sites excluding steroid dienone is 1. The van der Waals surface area contributed by atoms with Crippen LogP contribution in [0.3, 0.4) is 0 Å². The highest BCUT2D eigenvalue weighted by molar-refractivity contribution is 5.81. The van der Waals surface area contributed by atoms with Gasteiger partial charge in [-0.05, 0) is 79.2 Å². The molecule has 0 spiro atoms. The van der Waals surface area contributed by atoms with Crippen molar-refractivity contribution < 1.29 is 18.7 Å². The number of tetrazole rings is 1. The van der Waals surface area contributed by atoms with Crippen LogP contribution in [0.2, 0.25) is 0 Å². The fourth-order valence-electron chi connectivity index (χ4n) is 7.55. The highest BCUT2D eigenvalue weighted by Crippen LogP contribution is 2.63. The summed E-state index contributed by atoms with van der Waals surface area (Å²) in [7, 11) is 0. The number of halogens is 2. The Bertz CT molecular complexity index is 844. The molecule has 8 heteroatoms. The van der Waals surface area contributed by atoms with Crippen LogP contribution >= 0.6 is 0 Å². The number of aliphatic hydroxyl groups is 1. The second-order valence-electron chi connectivity index (χ2n) is 10.3. The Morgan fingerprint density at radius 1 is 1.27 bits per heavy atom. The number of fused-ring (bicyclic) bond motifs is 5. The minimum absolute atomic E-state index is 0.0114. The molecule has 4 aliphatic rings. The maximum Gasteiger partial charge on any atom is 0.267 e. The van der Waals surface area contributed by atoms with E-state index in [1.54, 1.807) is 0 Å². The van der Waals surface area contributed by atoms with Crippen molar-refractivity contribution in [2.24, 2.45) is 35.0 Å². The molecule has 0 aliphatic heterocycles. The molecule has 1 N–H and O–H groups in total. The summed E-state index contributed by atoms with van der Waals surface area (Å²) in [5, 5.41) is 21.8. The third kappa shape index (κ3) is 3.05. The lowest BCUT2D eigenvalue weighted by atomic mass is 9.51. The van der Waals surface area contributed by atoms with Crippen molar-refractivity contribution in [2.75, 3.05) is 0 Å². The Morgan fingerprint density at radius 3 is 2.83 bits per heavy atom. The van der Waals surface area contributed by atoms with E-state index >= 15 is 0 Å². The number of carbonyl (C=O) groups is 1. The van der Waals surface area contributed by atoms with Gasteiger partial charge in [0.25, 0.3) is 6.43 Å². The summed E-state index contributed by atoms with van der Waals surface area (Å²) in [6, 6.07) is 0. The van der Waals surface area contributed by atoms with Crippen LogP contribution in [0.15, 0.2) is 18.0 Å². The first-order valence-electron chi connectivity index (χ1n) is 11.2. The van der Waals surface area contributed by atoms with Gasteiger partial charge < -0.3 is 5.11 Å². The second kappa shape index (κ2) is 7.18. The first kappa shape index (κ1) is 20.2. The number of rotatable bonds is 4. The molecule has 0 aromatic carbocycles. The van der Waals surface area contributed by atoms with E-state index in [0.717, 1.165) is 37.7 Å². The molecule has 0 radical (unpaired) electrons. The standard InChI is InChI=1S/C22H30F2N4O2/c1-21-8-6-15-14-7-9-22(30,20(23)24)10-13(14)2-3-16(15)17(21)4-5-18(21)19(29)11-28-26-12-25-27-28/h2,12,14-18,20,30H,3-11H2,1H3/t14-,15+,16+,17-,18+,21-,22-/m0/s1. The first-order valence-corrected chi connectivity index (χ1v) is 11.2. The van der Waals surface area contributed by atoms with Gasteiger partial charge in [-0.3, -0.25) is 4.79 Å². The third-order valence-corrected chi connectivity index (χ3v) is 9.02. The lowest BCUT2D eigenvalue weighted by Gasteiger charge is -2.54. The molecule has 5 rings (SSSR count). The fraction of sp³-hybridized carbons (Fsp3) is 0.818. The zero-order valence-corrected chi connectivity index (χ0v) is 17.4. The highest BCUT2D eigenvalue weighted by Gasteiger charge is 2.58. The average molecular weight is 421 g/mol. The quantitative estimate of drug-likeness (QED) is 0.755. The minimum atomic E-state index is -2.69. The van der Waals surface area contributed by atoms with Gasteiger partial charge in [0.2, 0.25) is 0 Å². The summed E-state index contributed by atoms with van der Waals surface area (Å²) in [6.45, 7) is 2.47. The van der Waals surface area contributed by atoms with Crippen molar-refractivity contribution >= 4 is 5.78 Å². The van der Waals surface area contributed by atoms with E-state index < -0.39 is 12.0 Å². The Kier molecular flexibility index (Phi) is 4.84. The molecule has 0 amide bonds. The van der Waals surface area contributed by atoms with Gasteiger partial charge in [0, 0.05) is 12.3 Å². The Hall–Kier alpha value is -1.70. The maximum absolute atomic E-state index is 13.4. The molecule has 3 fully saturated rings. The van der Waals surface area contributed by atoms with Crippen molar-refractivity contribution in [3.63, 3.8) is 0 Å². The van der Waals surface area contributed by atoms with E-state index in [4.69, 9.17) is 0 Å². The topological polar surface area (TPSA) is 80.9 Å². The largest absolute Gasteiger partial charge is 0.384 e. The molecule has 1 aromatic heterocycles. The minimum Gasteiger partial charge on any atom is -0.384 e. The lowest BCUT2D eigenvalue weighted by Crippen LogP contribution is -2.50. The predicted molar refractivity (Wildman–Crippen MR) is 104 cm³/mol. The van der Waals surface area contributed by atoms with Crippen LogP contribution in [0.1, 0.15) is 58.3 Å². The summed E-state index contributed by atoms with van der Waals surface area (Å²) in [5.74, 6) is 2.04. The van der Waals surface area contributed by atoms with Gasteiger partial charge in [-0.25, -0.2) is 8.78 Å². The van der Waals surface area contributed by atoms with E-state index in [1.165, 1.54) is 11.1 Å². The molecular weight excluding hydrogens is 390 g/mol. The summed E-state index contributed by atoms with van der Waals surface area (Å²) in [6.07, 6.45) is 6.66. The first-order chi connectivity index (χ1) is 14.3. The molecule has 164 valence electrons. The van der Waals surface area contributed by atoms with E-state index in [-0.39, 0.29) is 36.5 Å². The number of ketones is 1. The number of alkyl halides is 2. The molecule has 1 heterocycles. The van der Waals surface area contributed by atoms with Gasteiger partial charge in [0.15, 0.2) is 12.1 Å². The monoisotopic (exact) mass is 420 g/mol. The van der Waals surface area contributed by atoms with Crippen molar-refractivity contribution in [1.82, 2.24) is 20.2 Å². The Balaban J connectivity index is 1.34.